The first-order valence-electron chi connectivity index (χ1n) is 7.87. The van der Waals surface area contributed by atoms with Gasteiger partial charge in [0.25, 0.3) is 5.69 Å². The average molecular weight is 335 g/mol. The number of amides is 1. The molecule has 1 aliphatic rings. The third-order valence-electron chi connectivity index (χ3n) is 4.29. The van der Waals surface area contributed by atoms with Crippen LogP contribution in [0.15, 0.2) is 18.2 Å². The van der Waals surface area contributed by atoms with Gasteiger partial charge >= 0.3 is 5.97 Å². The maximum atomic E-state index is 12.0. The van der Waals surface area contributed by atoms with Crippen LogP contribution in [0.3, 0.4) is 0 Å². The van der Waals surface area contributed by atoms with E-state index in [4.69, 9.17) is 5.11 Å². The van der Waals surface area contributed by atoms with E-state index in [2.05, 4.69) is 10.2 Å². The fraction of sp³-hybridized carbons (Fsp3) is 0.500. The summed E-state index contributed by atoms with van der Waals surface area (Å²) in [6, 6.07) is 4.31. The number of nitro groups is 1. The van der Waals surface area contributed by atoms with Crippen molar-refractivity contribution in [1.82, 2.24) is 4.90 Å². The Labute approximate surface area is 139 Å². The number of nitro benzene ring substituents is 1. The number of rotatable bonds is 6. The molecule has 24 heavy (non-hydrogen) atoms. The van der Waals surface area contributed by atoms with E-state index in [0.717, 1.165) is 0 Å². The van der Waals surface area contributed by atoms with Crippen LogP contribution in [-0.2, 0) is 9.59 Å². The number of nitrogens with zero attached hydrogens (tertiary/aromatic N) is 2. The molecule has 0 aliphatic carbocycles. The van der Waals surface area contributed by atoms with Gasteiger partial charge in [0, 0.05) is 30.8 Å². The lowest BCUT2D eigenvalue weighted by molar-refractivity contribution is -0.384. The van der Waals surface area contributed by atoms with E-state index in [0.29, 0.717) is 50.1 Å². The molecule has 0 saturated carbocycles. The summed E-state index contributed by atoms with van der Waals surface area (Å²) >= 11 is 0. The molecule has 1 aromatic carbocycles. The number of anilines is 1. The molecule has 8 nitrogen and oxygen atoms in total. The monoisotopic (exact) mass is 335 g/mol. The zero-order chi connectivity index (χ0) is 17.7. The largest absolute Gasteiger partial charge is 0.481 e. The lowest BCUT2D eigenvalue weighted by atomic mass is 9.97. The molecule has 1 aliphatic heterocycles. The first-order chi connectivity index (χ1) is 11.4. The maximum Gasteiger partial charge on any atom is 0.306 e. The summed E-state index contributed by atoms with van der Waals surface area (Å²) in [6.07, 6.45) is 1.52. The van der Waals surface area contributed by atoms with E-state index in [1.54, 1.807) is 6.92 Å². The summed E-state index contributed by atoms with van der Waals surface area (Å²) in [6.45, 7) is 3.64. The first-order valence-corrected chi connectivity index (χ1v) is 7.87. The number of carbonyl (C=O) groups excluding carboxylic acids is 1. The molecule has 2 N–H and O–H groups in total. The number of hydrogen-bond donors (Lipinski definition) is 2. The summed E-state index contributed by atoms with van der Waals surface area (Å²) in [5.74, 6) is -1.19. The standard InChI is InChI=1S/C16H21N3O5/c1-11-10-13(19(23)24)2-3-14(11)17-15(20)6-9-18-7-4-12(5-8-18)16(21)22/h2-3,10,12H,4-9H2,1H3,(H,17,20)(H,21,22). The molecule has 1 aromatic rings. The van der Waals surface area contributed by atoms with Gasteiger partial charge in [-0.1, -0.05) is 0 Å². The Hall–Kier alpha value is -2.48. The molecule has 1 amide bonds. The Morgan fingerprint density at radius 1 is 1.38 bits per heavy atom. The van der Waals surface area contributed by atoms with Crippen LogP contribution < -0.4 is 5.32 Å². The van der Waals surface area contributed by atoms with Crippen molar-refractivity contribution < 1.29 is 19.6 Å². The SMILES string of the molecule is Cc1cc([N+](=O)[O-])ccc1NC(=O)CCN1CCC(C(=O)O)CC1. The number of aryl methyl sites for hydroxylation is 1. The normalized spacial score (nSPS) is 15.9. The van der Waals surface area contributed by atoms with Crippen LogP contribution in [0, 0.1) is 23.0 Å². The van der Waals surface area contributed by atoms with Crippen LogP contribution in [0.25, 0.3) is 0 Å². The minimum Gasteiger partial charge on any atom is -0.481 e. The second-order valence-corrected chi connectivity index (χ2v) is 6.01. The highest BCUT2D eigenvalue weighted by molar-refractivity contribution is 5.91. The number of carbonyl (C=O) groups is 2. The molecule has 2 rings (SSSR count). The smallest absolute Gasteiger partial charge is 0.306 e. The minimum absolute atomic E-state index is 0.00759. The Kier molecular flexibility index (Phi) is 5.86. The highest BCUT2D eigenvalue weighted by atomic mass is 16.6. The van der Waals surface area contributed by atoms with Crippen LogP contribution in [0.5, 0.6) is 0 Å². The van der Waals surface area contributed by atoms with Gasteiger partial charge in [0.05, 0.1) is 10.8 Å². The molecule has 0 aromatic heterocycles. The average Bonchev–Trinajstić information content (AvgIpc) is 2.55. The lowest BCUT2D eigenvalue weighted by Gasteiger charge is -2.29. The van der Waals surface area contributed by atoms with Gasteiger partial charge in [0.1, 0.15) is 0 Å². The molecule has 0 spiro atoms. The Morgan fingerprint density at radius 3 is 2.58 bits per heavy atom. The number of benzene rings is 1. The molecule has 0 radical (unpaired) electrons. The van der Waals surface area contributed by atoms with Crippen LogP contribution in [0.1, 0.15) is 24.8 Å². The van der Waals surface area contributed by atoms with Crippen LogP contribution in [-0.4, -0.2) is 46.4 Å². The van der Waals surface area contributed by atoms with Gasteiger partial charge in [-0.2, -0.15) is 0 Å². The van der Waals surface area contributed by atoms with Crippen LogP contribution in [0.2, 0.25) is 0 Å². The number of non-ortho nitro benzene ring substituents is 1. The number of hydrogen-bond acceptors (Lipinski definition) is 5. The molecule has 0 unspecified atom stereocenters. The topological polar surface area (TPSA) is 113 Å². The van der Waals surface area contributed by atoms with Gasteiger partial charge in [0.2, 0.25) is 5.91 Å². The van der Waals surface area contributed by atoms with Crippen molar-refractivity contribution in [2.45, 2.75) is 26.2 Å². The van der Waals surface area contributed by atoms with Crippen molar-refractivity contribution in [1.29, 1.82) is 0 Å². The summed E-state index contributed by atoms with van der Waals surface area (Å²) in [5, 5.41) is 22.4. The molecule has 0 bridgehead atoms. The van der Waals surface area contributed by atoms with Crippen LogP contribution >= 0.6 is 0 Å². The Bertz CT molecular complexity index is 639. The van der Waals surface area contributed by atoms with Gasteiger partial charge in [-0.05, 0) is 44.5 Å². The maximum absolute atomic E-state index is 12.0. The Balaban J connectivity index is 1.80. The van der Waals surface area contributed by atoms with Gasteiger partial charge in [-0.3, -0.25) is 19.7 Å². The zero-order valence-corrected chi connectivity index (χ0v) is 13.5. The van der Waals surface area contributed by atoms with E-state index in [1.165, 1.54) is 18.2 Å². The lowest BCUT2D eigenvalue weighted by Crippen LogP contribution is -2.37. The van der Waals surface area contributed by atoms with E-state index in [9.17, 15) is 19.7 Å². The summed E-state index contributed by atoms with van der Waals surface area (Å²) in [7, 11) is 0. The van der Waals surface area contributed by atoms with Gasteiger partial charge in [0.15, 0.2) is 0 Å². The molecular weight excluding hydrogens is 314 g/mol. The van der Waals surface area contributed by atoms with E-state index < -0.39 is 10.9 Å². The van der Waals surface area contributed by atoms with Crippen molar-refractivity contribution in [2.24, 2.45) is 5.92 Å². The predicted octanol–water partition coefficient (Wildman–Crippen LogP) is 2.03. The predicted molar refractivity (Wildman–Crippen MR) is 87.9 cm³/mol. The summed E-state index contributed by atoms with van der Waals surface area (Å²) in [5.41, 5.74) is 1.20. The molecule has 1 heterocycles. The number of aliphatic carboxylic acids is 1. The molecular formula is C16H21N3O5. The third kappa shape index (κ3) is 4.76. The fourth-order valence-electron chi connectivity index (χ4n) is 2.78. The number of piperidine rings is 1. The minimum atomic E-state index is -0.749. The first kappa shape index (κ1) is 17.9. The van der Waals surface area contributed by atoms with Crippen molar-refractivity contribution in [3.05, 3.63) is 33.9 Å². The highest BCUT2D eigenvalue weighted by Crippen LogP contribution is 2.21. The zero-order valence-electron chi connectivity index (χ0n) is 13.5. The quantitative estimate of drug-likeness (QED) is 0.607. The summed E-state index contributed by atoms with van der Waals surface area (Å²) in [4.78, 5) is 35.3. The van der Waals surface area contributed by atoms with Crippen molar-refractivity contribution in [3.8, 4) is 0 Å². The van der Waals surface area contributed by atoms with Crippen molar-refractivity contribution in [2.75, 3.05) is 25.0 Å². The second-order valence-electron chi connectivity index (χ2n) is 6.01. The second kappa shape index (κ2) is 7.87. The molecule has 8 heteroatoms. The van der Waals surface area contributed by atoms with Gasteiger partial charge in [-0.15, -0.1) is 0 Å². The summed E-state index contributed by atoms with van der Waals surface area (Å²) < 4.78 is 0. The fourth-order valence-corrected chi connectivity index (χ4v) is 2.78. The van der Waals surface area contributed by atoms with Gasteiger partial charge in [-0.25, -0.2) is 0 Å². The molecule has 0 atom stereocenters. The number of carboxylic acid groups (broad SMARTS) is 1. The number of carboxylic acids is 1. The molecule has 130 valence electrons. The van der Waals surface area contributed by atoms with E-state index >= 15 is 0 Å². The number of nitrogens with one attached hydrogen (secondary N) is 1. The molecule has 1 saturated heterocycles. The third-order valence-corrected chi connectivity index (χ3v) is 4.29. The van der Waals surface area contributed by atoms with Crippen molar-refractivity contribution >= 4 is 23.3 Å². The Morgan fingerprint density at radius 2 is 2.04 bits per heavy atom. The van der Waals surface area contributed by atoms with Crippen LogP contribution in [0.4, 0.5) is 11.4 Å². The van der Waals surface area contributed by atoms with E-state index in [-0.39, 0.29) is 17.5 Å². The highest BCUT2D eigenvalue weighted by Gasteiger charge is 2.24. The molecule has 1 fully saturated rings. The van der Waals surface area contributed by atoms with Crippen molar-refractivity contribution in [3.63, 3.8) is 0 Å². The van der Waals surface area contributed by atoms with Gasteiger partial charge < -0.3 is 15.3 Å². The number of likely N-dealkylation sites (tertiary alicyclic amines) is 1. The van der Waals surface area contributed by atoms with E-state index in [1.807, 2.05) is 0 Å².